The summed E-state index contributed by atoms with van der Waals surface area (Å²) in [4.78, 5) is 86.9. The molecule has 1 aliphatic rings. The number of rotatable bonds is 23. The third-order valence-electron chi connectivity index (χ3n) is 9.53. The number of unbranched alkanes of at least 4 members (excludes halogenated alkanes) is 1. The van der Waals surface area contributed by atoms with Gasteiger partial charge in [-0.1, -0.05) is 44.2 Å². The van der Waals surface area contributed by atoms with Crippen molar-refractivity contribution in [3.63, 3.8) is 0 Å². The Labute approximate surface area is 310 Å². The number of aromatic nitrogens is 2. The number of hydrogen-bond acceptors (Lipinski definition) is 10. The van der Waals surface area contributed by atoms with Crippen molar-refractivity contribution in [1.82, 2.24) is 25.5 Å². The molecule has 0 bridgehead atoms. The lowest BCUT2D eigenvalue weighted by molar-refractivity contribution is -0.138. The van der Waals surface area contributed by atoms with Gasteiger partial charge < -0.3 is 41.2 Å². The third-order valence-corrected chi connectivity index (χ3v) is 9.53. The molecule has 53 heavy (non-hydrogen) atoms. The van der Waals surface area contributed by atoms with Crippen LogP contribution in [-0.2, 0) is 46.3 Å². The number of carbonyl (C=O) groups excluding carboxylic acids is 6. The fourth-order valence-corrected chi connectivity index (χ4v) is 6.54. The zero-order chi connectivity index (χ0) is 39.1. The molecule has 3 rings (SSSR count). The van der Waals surface area contributed by atoms with E-state index >= 15 is 0 Å². The fraction of sp³-hybridized carbons (Fsp3) is 0.605. The van der Waals surface area contributed by atoms with Gasteiger partial charge in [-0.05, 0) is 44.1 Å². The van der Waals surface area contributed by atoms with Crippen LogP contribution in [0.2, 0.25) is 0 Å². The summed E-state index contributed by atoms with van der Waals surface area (Å²) < 4.78 is 6.08. The second-order valence-corrected chi connectivity index (χ2v) is 14.4. The molecule has 1 fully saturated rings. The van der Waals surface area contributed by atoms with Gasteiger partial charge in [0.15, 0.2) is 11.6 Å². The molecule has 0 aliphatic carbocycles. The van der Waals surface area contributed by atoms with Gasteiger partial charge in [-0.3, -0.25) is 28.8 Å². The summed E-state index contributed by atoms with van der Waals surface area (Å²) in [6, 6.07) is 6.91. The Hall–Kier alpha value is -4.47. The predicted molar refractivity (Wildman–Crippen MR) is 195 cm³/mol. The minimum atomic E-state index is -1.42. The number of aromatic amines is 1. The molecule has 2 aromatic rings. The molecule has 2 heterocycles. The number of imidazole rings is 1. The monoisotopic (exact) mass is 740 g/mol. The van der Waals surface area contributed by atoms with E-state index in [0.29, 0.717) is 12.3 Å². The smallest absolute Gasteiger partial charge is 0.243 e. The van der Waals surface area contributed by atoms with Crippen LogP contribution >= 0.6 is 0 Å². The maximum Gasteiger partial charge on any atom is 0.243 e. The van der Waals surface area contributed by atoms with Gasteiger partial charge in [0.1, 0.15) is 12.1 Å². The van der Waals surface area contributed by atoms with E-state index < -0.39 is 78.4 Å². The van der Waals surface area contributed by atoms with Gasteiger partial charge in [-0.2, -0.15) is 0 Å². The van der Waals surface area contributed by atoms with E-state index in [1.54, 1.807) is 0 Å². The molecular weight excluding hydrogens is 684 g/mol. The number of benzene rings is 1. The Morgan fingerprint density at radius 1 is 1.02 bits per heavy atom. The average Bonchev–Trinajstić information content (AvgIpc) is 3.79. The zero-order valence-corrected chi connectivity index (χ0v) is 31.2. The second kappa shape index (κ2) is 21.3. The Kier molecular flexibility index (Phi) is 17.2. The number of hydrogen-bond donors (Lipinski definition) is 6. The van der Waals surface area contributed by atoms with Gasteiger partial charge in [0.2, 0.25) is 23.6 Å². The van der Waals surface area contributed by atoms with Crippen LogP contribution in [0.3, 0.4) is 0 Å². The highest BCUT2D eigenvalue weighted by Crippen LogP contribution is 2.23. The lowest BCUT2D eigenvalue weighted by Gasteiger charge is -2.27. The lowest BCUT2D eigenvalue weighted by atomic mass is 9.89. The van der Waals surface area contributed by atoms with E-state index in [0.717, 1.165) is 19.3 Å². The highest BCUT2D eigenvalue weighted by Gasteiger charge is 2.40. The quantitative estimate of drug-likeness (QED) is 0.0885. The number of carbonyl (C=O) groups is 6. The first-order chi connectivity index (χ1) is 25.2. The number of aliphatic hydroxyl groups excluding tert-OH is 2. The Morgan fingerprint density at radius 3 is 2.30 bits per heavy atom. The minimum Gasteiger partial charge on any atom is -0.394 e. The third kappa shape index (κ3) is 13.8. The van der Waals surface area contributed by atoms with Crippen molar-refractivity contribution in [2.24, 2.45) is 23.5 Å². The molecule has 4 amide bonds. The summed E-state index contributed by atoms with van der Waals surface area (Å²) >= 11 is 0. The van der Waals surface area contributed by atoms with Crippen molar-refractivity contribution in [2.45, 2.75) is 109 Å². The number of ether oxygens (including phenoxy) is 1. The molecule has 0 radical (unpaired) electrons. The molecule has 0 saturated carbocycles. The van der Waals surface area contributed by atoms with Crippen molar-refractivity contribution in [1.29, 1.82) is 0 Å². The molecule has 0 unspecified atom stereocenters. The van der Waals surface area contributed by atoms with E-state index in [-0.39, 0.29) is 50.2 Å². The van der Waals surface area contributed by atoms with Gasteiger partial charge in [0, 0.05) is 57.6 Å². The number of Topliss-reactive ketones (excluding diaryl/α,β-unsaturated/α-hetero) is 2. The van der Waals surface area contributed by atoms with E-state index in [1.807, 2.05) is 32.0 Å². The van der Waals surface area contributed by atoms with E-state index in [4.69, 9.17) is 10.5 Å². The van der Waals surface area contributed by atoms with Crippen LogP contribution < -0.4 is 16.4 Å². The van der Waals surface area contributed by atoms with E-state index in [1.165, 1.54) is 36.8 Å². The van der Waals surface area contributed by atoms with Gasteiger partial charge in [-0.25, -0.2) is 4.98 Å². The van der Waals surface area contributed by atoms with Crippen LogP contribution in [0.25, 0.3) is 0 Å². The van der Waals surface area contributed by atoms with Crippen LogP contribution in [0.4, 0.5) is 0 Å². The number of nitrogens with zero attached hydrogens (tertiary/aromatic N) is 2. The highest BCUT2D eigenvalue weighted by molar-refractivity contribution is 5.96. The molecule has 15 heteroatoms. The number of ketones is 2. The summed E-state index contributed by atoms with van der Waals surface area (Å²) in [5.41, 5.74) is 7.10. The normalized spacial score (nSPS) is 18.5. The summed E-state index contributed by atoms with van der Waals surface area (Å²) in [5, 5.41) is 25.2. The molecule has 292 valence electrons. The van der Waals surface area contributed by atoms with E-state index in [9.17, 15) is 39.0 Å². The number of aryl methyl sites for hydroxylation is 1. The van der Waals surface area contributed by atoms with E-state index in [2.05, 4.69) is 32.7 Å². The predicted octanol–water partition coefficient (Wildman–Crippen LogP) is 1.01. The highest BCUT2D eigenvalue weighted by atomic mass is 16.5. The Balaban J connectivity index is 1.68. The van der Waals surface area contributed by atoms with Crippen LogP contribution in [-0.4, -0.2) is 110 Å². The second-order valence-electron chi connectivity index (χ2n) is 14.4. The lowest BCUT2D eigenvalue weighted by Crippen LogP contribution is -2.52. The first-order valence-corrected chi connectivity index (χ1v) is 18.3. The molecule has 0 spiro atoms. The standard InChI is InChI=1S/C38H56N6O9/c1-23(2)14-31(42-38(52)33-17-29(20-44(33)25(4)47)53-13-9-8-12-26-10-6-5-7-11-26)34(48)16-27(15-28-19-40-22-41-28)37(51)43-32(21-45)35(49)18-30(24(3)46)36(39)50/h5-7,10-11,19,22-24,27,29-33,45-46H,8-9,12-18,20-21H2,1-4H3,(H2,39,50)(H,40,41)(H,42,52)(H,43,51)/t24-,27-,29-,30+,31+,32+,33+/m1/s1. The van der Waals surface area contributed by atoms with Crippen LogP contribution in [0, 0.1) is 17.8 Å². The Bertz CT molecular complexity index is 1500. The summed E-state index contributed by atoms with van der Waals surface area (Å²) in [7, 11) is 0. The largest absolute Gasteiger partial charge is 0.394 e. The molecule has 7 N–H and O–H groups in total. The first-order valence-electron chi connectivity index (χ1n) is 18.3. The summed E-state index contributed by atoms with van der Waals surface area (Å²) in [6.45, 7) is 6.43. The number of likely N-dealkylation sites (tertiary alicyclic amines) is 1. The van der Waals surface area contributed by atoms with Crippen molar-refractivity contribution in [3.05, 3.63) is 54.1 Å². The number of nitrogens with one attached hydrogen (secondary N) is 3. The number of H-pyrrole nitrogens is 1. The molecule has 1 aromatic heterocycles. The van der Waals surface area contributed by atoms with Crippen LogP contribution in [0.5, 0.6) is 0 Å². The van der Waals surface area contributed by atoms with Gasteiger partial charge in [0.05, 0.1) is 43.0 Å². The molecule has 15 nitrogen and oxygen atoms in total. The van der Waals surface area contributed by atoms with Crippen LogP contribution in [0.1, 0.15) is 77.5 Å². The molecule has 1 aliphatic heterocycles. The maximum absolute atomic E-state index is 13.9. The average molecular weight is 741 g/mol. The topological polar surface area (TPSA) is 234 Å². The fourth-order valence-electron chi connectivity index (χ4n) is 6.54. The van der Waals surface area contributed by atoms with Gasteiger partial charge >= 0.3 is 0 Å². The zero-order valence-electron chi connectivity index (χ0n) is 31.2. The van der Waals surface area contributed by atoms with Crippen molar-refractivity contribution < 1.29 is 43.7 Å². The number of nitrogens with two attached hydrogens (primary N) is 1. The SMILES string of the molecule is CC(=O)N1C[C@H](OCCCCc2ccccc2)C[C@H]1C(=O)N[C@@H](CC(C)C)C(=O)C[C@@H](Cc1cnc[nH]1)C(=O)N[C@@H](CO)C(=O)C[C@H](C(N)=O)[C@@H](C)O. The van der Waals surface area contributed by atoms with Crippen LogP contribution in [0.15, 0.2) is 42.9 Å². The minimum absolute atomic E-state index is 0.0212. The first kappa shape index (κ1) is 42.9. The maximum atomic E-state index is 13.9. The number of primary amides is 1. The van der Waals surface area contributed by atoms with Gasteiger partial charge in [0.25, 0.3) is 0 Å². The van der Waals surface area contributed by atoms with Crippen molar-refractivity contribution in [3.8, 4) is 0 Å². The molecule has 7 atom stereocenters. The molecule has 1 aromatic carbocycles. The van der Waals surface area contributed by atoms with Gasteiger partial charge in [-0.15, -0.1) is 0 Å². The molecule has 1 saturated heterocycles. The summed E-state index contributed by atoms with van der Waals surface area (Å²) in [5.74, 6) is -5.83. The number of aliphatic hydroxyl groups is 2. The van der Waals surface area contributed by atoms with Crippen molar-refractivity contribution >= 4 is 35.2 Å². The Morgan fingerprint density at radius 2 is 1.72 bits per heavy atom. The van der Waals surface area contributed by atoms with Crippen molar-refractivity contribution in [2.75, 3.05) is 19.8 Å². The molecular formula is C38H56N6O9. The number of amides is 4. The summed E-state index contributed by atoms with van der Waals surface area (Å²) in [6.07, 6.45) is 3.75.